The smallest absolute Gasteiger partial charge is 0.249 e. The highest BCUT2D eigenvalue weighted by atomic mass is 16.6. The molecule has 0 fully saturated rings. The Kier molecular flexibility index (Phi) is 5.04. The van der Waals surface area contributed by atoms with Crippen LogP contribution in [0.25, 0.3) is 17.3 Å². The van der Waals surface area contributed by atoms with E-state index in [1.807, 2.05) is 54.6 Å². The molecule has 3 rings (SSSR count). The van der Waals surface area contributed by atoms with Crippen molar-refractivity contribution >= 4 is 17.8 Å². The maximum atomic E-state index is 12.1. The highest BCUT2D eigenvalue weighted by molar-refractivity contribution is 6.02. The van der Waals surface area contributed by atoms with Crippen molar-refractivity contribution < 1.29 is 9.42 Å². The molecule has 2 aromatic carbocycles. The second kappa shape index (κ2) is 7.57. The highest BCUT2D eigenvalue weighted by Crippen LogP contribution is 2.26. The van der Waals surface area contributed by atoms with E-state index in [9.17, 15) is 4.79 Å². The Labute approximate surface area is 146 Å². The van der Waals surface area contributed by atoms with Gasteiger partial charge in [0.15, 0.2) is 5.69 Å². The van der Waals surface area contributed by atoms with Crippen molar-refractivity contribution in [2.45, 2.75) is 19.8 Å². The van der Waals surface area contributed by atoms with Gasteiger partial charge in [0.05, 0.1) is 0 Å². The monoisotopic (exact) mass is 333 g/mol. The number of nitrogens with zero attached hydrogens (tertiary/aromatic N) is 2. The van der Waals surface area contributed by atoms with E-state index in [-0.39, 0.29) is 5.91 Å². The molecule has 0 unspecified atom stereocenters. The topological polar surface area (TPSA) is 68.0 Å². The van der Waals surface area contributed by atoms with Gasteiger partial charge in [-0.3, -0.25) is 4.79 Å². The second-order valence-corrected chi connectivity index (χ2v) is 5.97. The number of anilines is 1. The molecule has 0 aliphatic carbocycles. The maximum absolute atomic E-state index is 12.1. The van der Waals surface area contributed by atoms with Gasteiger partial charge >= 0.3 is 0 Å². The van der Waals surface area contributed by atoms with Crippen molar-refractivity contribution in [2.24, 2.45) is 0 Å². The minimum atomic E-state index is -0.292. The largest absolute Gasteiger partial charge is 0.302 e. The molecular weight excluding hydrogens is 314 g/mol. The highest BCUT2D eigenvalue weighted by Gasteiger charge is 2.14. The fraction of sp³-hybridized carbons (Fsp3) is 0.150. The Morgan fingerprint density at radius 3 is 2.44 bits per heavy atom. The summed E-state index contributed by atoms with van der Waals surface area (Å²) in [6, 6.07) is 17.6. The van der Waals surface area contributed by atoms with E-state index in [2.05, 4.69) is 29.5 Å². The Morgan fingerprint density at radius 1 is 1.04 bits per heavy atom. The minimum Gasteiger partial charge on any atom is -0.302 e. The van der Waals surface area contributed by atoms with Gasteiger partial charge in [-0.05, 0) is 33.4 Å². The number of aromatic nitrogens is 2. The molecule has 126 valence electrons. The fourth-order valence-electron chi connectivity index (χ4n) is 2.38. The first-order chi connectivity index (χ1) is 12.1. The maximum Gasteiger partial charge on any atom is 0.249 e. The molecule has 1 aromatic heterocycles. The van der Waals surface area contributed by atoms with E-state index < -0.39 is 0 Å². The van der Waals surface area contributed by atoms with Crippen LogP contribution in [0.15, 0.2) is 65.3 Å². The van der Waals surface area contributed by atoms with Gasteiger partial charge in [0.25, 0.3) is 0 Å². The summed E-state index contributed by atoms with van der Waals surface area (Å²) in [5, 5.41) is 10.4. The summed E-state index contributed by atoms with van der Waals surface area (Å²) in [5.41, 5.74) is 3.53. The van der Waals surface area contributed by atoms with Crippen molar-refractivity contribution in [2.75, 3.05) is 5.32 Å². The normalized spacial score (nSPS) is 11.2. The van der Waals surface area contributed by atoms with E-state index in [0.717, 1.165) is 11.1 Å². The number of nitrogens with one attached hydrogen (secondary N) is 1. The van der Waals surface area contributed by atoms with E-state index in [4.69, 9.17) is 4.63 Å². The first kappa shape index (κ1) is 16.6. The van der Waals surface area contributed by atoms with Gasteiger partial charge in [0.2, 0.25) is 11.7 Å². The summed E-state index contributed by atoms with van der Waals surface area (Å²) in [6.07, 6.45) is 3.19. The van der Waals surface area contributed by atoms with Gasteiger partial charge in [-0.1, -0.05) is 68.4 Å². The van der Waals surface area contributed by atoms with Crippen LogP contribution in [0.4, 0.5) is 5.82 Å². The Bertz CT molecular complexity index is 865. The van der Waals surface area contributed by atoms with Crippen LogP contribution < -0.4 is 5.32 Å². The van der Waals surface area contributed by atoms with Crippen molar-refractivity contribution in [1.29, 1.82) is 0 Å². The van der Waals surface area contributed by atoms with Gasteiger partial charge in [0, 0.05) is 11.6 Å². The van der Waals surface area contributed by atoms with Gasteiger partial charge in [0.1, 0.15) is 0 Å². The molecule has 1 heterocycles. The second-order valence-electron chi connectivity index (χ2n) is 5.97. The molecule has 0 saturated carbocycles. The molecule has 1 amide bonds. The molecule has 0 aliphatic rings. The number of hydrogen-bond acceptors (Lipinski definition) is 4. The third kappa shape index (κ3) is 4.20. The molecule has 0 bridgehead atoms. The Balaban J connectivity index is 1.73. The van der Waals surface area contributed by atoms with Crippen molar-refractivity contribution in [3.8, 4) is 11.3 Å². The molecular formula is C20H19N3O2. The van der Waals surface area contributed by atoms with Crippen molar-refractivity contribution in [1.82, 2.24) is 10.3 Å². The van der Waals surface area contributed by atoms with E-state index in [1.54, 1.807) is 6.08 Å². The average molecular weight is 333 g/mol. The zero-order chi connectivity index (χ0) is 17.6. The van der Waals surface area contributed by atoms with Crippen LogP contribution in [0.3, 0.4) is 0 Å². The number of carbonyl (C=O) groups excluding carboxylic acids is 1. The van der Waals surface area contributed by atoms with E-state index >= 15 is 0 Å². The van der Waals surface area contributed by atoms with Crippen LogP contribution in [0.5, 0.6) is 0 Å². The third-order valence-electron chi connectivity index (χ3n) is 3.81. The third-order valence-corrected chi connectivity index (χ3v) is 3.81. The predicted molar refractivity (Wildman–Crippen MR) is 97.9 cm³/mol. The standard InChI is InChI=1S/C20H19N3O2/c1-14(2)16-9-11-17(12-10-16)19-20(23-25-22-19)21-18(24)13-8-15-6-4-3-5-7-15/h3-14H,1-2H3,(H,21,23,24)/b13-8+. The lowest BCUT2D eigenvalue weighted by atomic mass is 10.0. The number of hydrogen-bond donors (Lipinski definition) is 1. The first-order valence-corrected chi connectivity index (χ1v) is 8.10. The van der Waals surface area contributed by atoms with Crippen molar-refractivity contribution in [3.05, 3.63) is 71.8 Å². The summed E-state index contributed by atoms with van der Waals surface area (Å²) in [5.74, 6) is 0.464. The molecule has 0 spiro atoms. The van der Waals surface area contributed by atoms with Crippen LogP contribution in [-0.4, -0.2) is 16.2 Å². The number of rotatable bonds is 5. The number of amides is 1. The SMILES string of the molecule is CC(C)c1ccc(-c2nonc2NC(=O)/C=C/c2ccccc2)cc1. The first-order valence-electron chi connectivity index (χ1n) is 8.10. The summed E-state index contributed by atoms with van der Waals surface area (Å²) in [7, 11) is 0. The zero-order valence-corrected chi connectivity index (χ0v) is 14.1. The van der Waals surface area contributed by atoms with Gasteiger partial charge in [-0.25, -0.2) is 4.63 Å². The molecule has 0 saturated heterocycles. The lowest BCUT2D eigenvalue weighted by Gasteiger charge is -2.06. The summed E-state index contributed by atoms with van der Waals surface area (Å²) < 4.78 is 4.80. The van der Waals surface area contributed by atoms with Crippen LogP contribution >= 0.6 is 0 Å². The van der Waals surface area contributed by atoms with Gasteiger partial charge < -0.3 is 5.32 Å². The minimum absolute atomic E-state index is 0.292. The molecule has 5 nitrogen and oxygen atoms in total. The van der Waals surface area contributed by atoms with Crippen LogP contribution in [0, 0.1) is 0 Å². The molecule has 25 heavy (non-hydrogen) atoms. The molecule has 0 aliphatic heterocycles. The van der Waals surface area contributed by atoms with Crippen LogP contribution in [-0.2, 0) is 4.79 Å². The average Bonchev–Trinajstić information content (AvgIpc) is 3.09. The van der Waals surface area contributed by atoms with E-state index in [1.165, 1.54) is 11.6 Å². The number of benzene rings is 2. The van der Waals surface area contributed by atoms with E-state index in [0.29, 0.717) is 17.4 Å². The summed E-state index contributed by atoms with van der Waals surface area (Å²) in [4.78, 5) is 12.1. The quantitative estimate of drug-likeness (QED) is 0.697. The fourth-order valence-corrected chi connectivity index (χ4v) is 2.38. The Hall–Kier alpha value is -3.21. The molecule has 1 N–H and O–H groups in total. The van der Waals surface area contributed by atoms with Gasteiger partial charge in [-0.2, -0.15) is 0 Å². The lowest BCUT2D eigenvalue weighted by molar-refractivity contribution is -0.111. The lowest BCUT2D eigenvalue weighted by Crippen LogP contribution is -2.09. The Morgan fingerprint density at radius 2 is 1.76 bits per heavy atom. The van der Waals surface area contributed by atoms with Crippen LogP contribution in [0.1, 0.15) is 30.9 Å². The number of carbonyl (C=O) groups is 1. The summed E-state index contributed by atoms with van der Waals surface area (Å²) in [6.45, 7) is 4.27. The van der Waals surface area contributed by atoms with Crippen molar-refractivity contribution in [3.63, 3.8) is 0 Å². The molecule has 0 radical (unpaired) electrons. The molecule has 0 atom stereocenters. The zero-order valence-electron chi connectivity index (χ0n) is 14.1. The van der Waals surface area contributed by atoms with Crippen LogP contribution in [0.2, 0.25) is 0 Å². The predicted octanol–water partition coefficient (Wildman–Crippen LogP) is 4.51. The summed E-state index contributed by atoms with van der Waals surface area (Å²) >= 11 is 0. The van der Waals surface area contributed by atoms with Gasteiger partial charge in [-0.15, -0.1) is 0 Å². The molecule has 3 aromatic rings. The molecule has 5 heteroatoms.